The van der Waals surface area contributed by atoms with Crippen molar-refractivity contribution in [1.29, 1.82) is 0 Å². The molecule has 1 aromatic carbocycles. The standard InChI is InChI=1S/C14H19ClN2O2.ClH/c1-17(14(18)9-16-8-10-3-4-10)11-5-6-13(19-2)12(15)7-11;/h5-7,10,16H,3-4,8-9H2,1-2H3;1H. The molecule has 0 unspecified atom stereocenters. The Morgan fingerprint density at radius 1 is 1.50 bits per heavy atom. The first-order valence-corrected chi connectivity index (χ1v) is 6.80. The van der Waals surface area contributed by atoms with Gasteiger partial charge in [-0.1, -0.05) is 11.6 Å². The van der Waals surface area contributed by atoms with Gasteiger partial charge in [-0.15, -0.1) is 12.4 Å². The maximum absolute atomic E-state index is 12.0. The molecule has 0 heterocycles. The van der Waals surface area contributed by atoms with E-state index in [1.54, 1.807) is 31.2 Å². The lowest BCUT2D eigenvalue weighted by molar-refractivity contribution is -0.117. The van der Waals surface area contributed by atoms with Crippen molar-refractivity contribution in [2.45, 2.75) is 12.8 Å². The molecule has 2 rings (SSSR count). The number of likely N-dealkylation sites (N-methyl/N-ethyl adjacent to an activating group) is 1. The second kappa shape index (κ2) is 7.72. The lowest BCUT2D eigenvalue weighted by Gasteiger charge is -2.18. The molecule has 0 radical (unpaired) electrons. The molecule has 1 aliphatic carbocycles. The predicted molar refractivity (Wildman–Crippen MR) is 84.3 cm³/mol. The zero-order valence-corrected chi connectivity index (χ0v) is 13.3. The molecule has 1 fully saturated rings. The fourth-order valence-electron chi connectivity index (χ4n) is 1.83. The summed E-state index contributed by atoms with van der Waals surface area (Å²) >= 11 is 6.05. The van der Waals surface area contributed by atoms with Crippen LogP contribution in [0.3, 0.4) is 0 Å². The van der Waals surface area contributed by atoms with E-state index in [1.807, 2.05) is 6.07 Å². The summed E-state index contributed by atoms with van der Waals surface area (Å²) in [6.07, 6.45) is 2.57. The van der Waals surface area contributed by atoms with Gasteiger partial charge in [-0.2, -0.15) is 0 Å². The van der Waals surface area contributed by atoms with E-state index in [-0.39, 0.29) is 18.3 Å². The van der Waals surface area contributed by atoms with Crippen LogP contribution < -0.4 is 15.0 Å². The van der Waals surface area contributed by atoms with Crippen LogP contribution >= 0.6 is 24.0 Å². The summed E-state index contributed by atoms with van der Waals surface area (Å²) < 4.78 is 5.09. The smallest absolute Gasteiger partial charge is 0.240 e. The summed E-state index contributed by atoms with van der Waals surface area (Å²) in [4.78, 5) is 13.6. The number of hydrogen-bond acceptors (Lipinski definition) is 3. The molecule has 0 saturated heterocycles. The zero-order valence-electron chi connectivity index (χ0n) is 11.7. The molecular formula is C14H20Cl2N2O2. The SMILES string of the molecule is COc1ccc(N(C)C(=O)CNCC2CC2)cc1Cl.Cl. The first kappa shape index (κ1) is 17.1. The average molecular weight is 319 g/mol. The Kier molecular flexibility index (Phi) is 6.59. The quantitative estimate of drug-likeness (QED) is 0.877. The van der Waals surface area contributed by atoms with Gasteiger partial charge in [-0.3, -0.25) is 4.79 Å². The highest BCUT2D eigenvalue weighted by Crippen LogP contribution is 2.29. The van der Waals surface area contributed by atoms with Crippen LogP contribution in [0.25, 0.3) is 0 Å². The van der Waals surface area contributed by atoms with Crippen LogP contribution in [0.2, 0.25) is 5.02 Å². The lowest BCUT2D eigenvalue weighted by atomic mass is 10.2. The summed E-state index contributed by atoms with van der Waals surface area (Å²) in [5.74, 6) is 1.41. The fourth-order valence-corrected chi connectivity index (χ4v) is 2.08. The molecule has 0 atom stereocenters. The van der Waals surface area contributed by atoms with Crippen LogP contribution in [-0.4, -0.2) is 33.2 Å². The molecule has 1 saturated carbocycles. The molecule has 0 spiro atoms. The third kappa shape index (κ3) is 4.54. The third-order valence-electron chi connectivity index (χ3n) is 3.30. The van der Waals surface area contributed by atoms with Gasteiger partial charge in [-0.05, 0) is 43.5 Å². The monoisotopic (exact) mass is 318 g/mol. The number of halogens is 2. The maximum atomic E-state index is 12.0. The van der Waals surface area contributed by atoms with Crippen LogP contribution in [0, 0.1) is 5.92 Å². The van der Waals surface area contributed by atoms with Gasteiger partial charge in [0.25, 0.3) is 0 Å². The van der Waals surface area contributed by atoms with E-state index in [9.17, 15) is 4.79 Å². The molecule has 112 valence electrons. The highest BCUT2D eigenvalue weighted by Gasteiger charge is 2.21. The molecule has 6 heteroatoms. The van der Waals surface area contributed by atoms with Crippen LogP contribution in [0.5, 0.6) is 5.75 Å². The van der Waals surface area contributed by atoms with E-state index in [4.69, 9.17) is 16.3 Å². The van der Waals surface area contributed by atoms with Crippen LogP contribution in [-0.2, 0) is 4.79 Å². The Bertz CT molecular complexity index is 464. The Hall–Kier alpha value is -0.970. The molecule has 1 amide bonds. The Morgan fingerprint density at radius 2 is 2.20 bits per heavy atom. The van der Waals surface area contributed by atoms with Gasteiger partial charge in [0, 0.05) is 12.7 Å². The highest BCUT2D eigenvalue weighted by molar-refractivity contribution is 6.32. The molecule has 1 aromatic rings. The van der Waals surface area contributed by atoms with Gasteiger partial charge in [0.1, 0.15) is 5.75 Å². The van der Waals surface area contributed by atoms with Crippen LogP contribution in [0.15, 0.2) is 18.2 Å². The summed E-state index contributed by atoms with van der Waals surface area (Å²) in [5, 5.41) is 3.69. The number of ether oxygens (including phenoxy) is 1. The number of rotatable bonds is 6. The summed E-state index contributed by atoms with van der Waals surface area (Å²) in [5.41, 5.74) is 0.768. The van der Waals surface area contributed by atoms with E-state index >= 15 is 0 Å². The van der Waals surface area contributed by atoms with Crippen molar-refractivity contribution in [2.75, 3.05) is 32.1 Å². The average Bonchev–Trinajstić information content (AvgIpc) is 3.21. The number of methoxy groups -OCH3 is 1. The van der Waals surface area contributed by atoms with Crippen LogP contribution in [0.4, 0.5) is 5.69 Å². The van der Waals surface area contributed by atoms with Crippen molar-refractivity contribution in [2.24, 2.45) is 5.92 Å². The molecule has 20 heavy (non-hydrogen) atoms. The minimum Gasteiger partial charge on any atom is -0.495 e. The van der Waals surface area contributed by atoms with Crippen molar-refractivity contribution >= 4 is 35.6 Å². The second-order valence-electron chi connectivity index (χ2n) is 4.85. The predicted octanol–water partition coefficient (Wildman–Crippen LogP) is 2.73. The van der Waals surface area contributed by atoms with E-state index in [0.717, 1.165) is 18.2 Å². The molecule has 0 aliphatic heterocycles. The summed E-state index contributed by atoms with van der Waals surface area (Å²) in [6.45, 7) is 1.29. The molecule has 4 nitrogen and oxygen atoms in total. The third-order valence-corrected chi connectivity index (χ3v) is 3.60. The van der Waals surface area contributed by atoms with Crippen LogP contribution in [0.1, 0.15) is 12.8 Å². The number of amides is 1. The van der Waals surface area contributed by atoms with E-state index < -0.39 is 0 Å². The number of nitrogens with one attached hydrogen (secondary N) is 1. The van der Waals surface area contributed by atoms with Gasteiger partial charge in [0.05, 0.1) is 18.7 Å². The number of benzene rings is 1. The largest absolute Gasteiger partial charge is 0.495 e. The molecular weight excluding hydrogens is 299 g/mol. The molecule has 0 bridgehead atoms. The lowest BCUT2D eigenvalue weighted by Crippen LogP contribution is -2.36. The zero-order chi connectivity index (χ0) is 13.8. The van der Waals surface area contributed by atoms with Crippen molar-refractivity contribution in [3.05, 3.63) is 23.2 Å². The van der Waals surface area contributed by atoms with Crippen molar-refractivity contribution in [1.82, 2.24) is 5.32 Å². The van der Waals surface area contributed by atoms with Gasteiger partial charge in [-0.25, -0.2) is 0 Å². The van der Waals surface area contributed by atoms with Gasteiger partial charge < -0.3 is 15.0 Å². The Labute approximate surface area is 130 Å². The number of anilines is 1. The minimum atomic E-state index is 0. The van der Waals surface area contributed by atoms with E-state index in [0.29, 0.717) is 17.3 Å². The van der Waals surface area contributed by atoms with Gasteiger partial charge in [0.2, 0.25) is 5.91 Å². The Balaban J connectivity index is 0.00000200. The summed E-state index contributed by atoms with van der Waals surface area (Å²) in [7, 11) is 3.32. The van der Waals surface area contributed by atoms with Crippen molar-refractivity contribution < 1.29 is 9.53 Å². The highest BCUT2D eigenvalue weighted by atomic mass is 35.5. The number of carbonyl (C=O) groups is 1. The minimum absolute atomic E-state index is 0. The maximum Gasteiger partial charge on any atom is 0.240 e. The van der Waals surface area contributed by atoms with Crippen molar-refractivity contribution in [3.63, 3.8) is 0 Å². The number of carbonyl (C=O) groups excluding carboxylic acids is 1. The molecule has 0 aromatic heterocycles. The van der Waals surface area contributed by atoms with Gasteiger partial charge in [0.15, 0.2) is 0 Å². The first-order valence-electron chi connectivity index (χ1n) is 6.42. The van der Waals surface area contributed by atoms with Gasteiger partial charge >= 0.3 is 0 Å². The topological polar surface area (TPSA) is 41.6 Å². The van der Waals surface area contributed by atoms with E-state index in [2.05, 4.69) is 5.32 Å². The van der Waals surface area contributed by atoms with E-state index in [1.165, 1.54) is 12.8 Å². The first-order chi connectivity index (χ1) is 9.11. The number of nitrogens with zero attached hydrogens (tertiary/aromatic N) is 1. The fraction of sp³-hybridized carbons (Fsp3) is 0.500. The second-order valence-corrected chi connectivity index (χ2v) is 5.25. The number of hydrogen-bond donors (Lipinski definition) is 1. The normalized spacial score (nSPS) is 13.6. The Morgan fingerprint density at radius 3 is 2.75 bits per heavy atom. The van der Waals surface area contributed by atoms with Crippen molar-refractivity contribution in [3.8, 4) is 5.75 Å². The molecule has 1 N–H and O–H groups in total. The summed E-state index contributed by atoms with van der Waals surface area (Å²) in [6, 6.07) is 5.32. The molecule has 1 aliphatic rings.